The van der Waals surface area contributed by atoms with E-state index in [1.165, 1.54) is 5.56 Å². The third-order valence-electron chi connectivity index (χ3n) is 1.23. The molecule has 0 heterocycles. The summed E-state index contributed by atoms with van der Waals surface area (Å²) in [7, 11) is 5.67. The molecule has 0 saturated carbocycles. The molecule has 0 aliphatic carbocycles. The van der Waals surface area contributed by atoms with Crippen molar-refractivity contribution < 1.29 is 0 Å². The van der Waals surface area contributed by atoms with Gasteiger partial charge in [-0.2, -0.15) is 0 Å². The minimum atomic E-state index is -0.312. The van der Waals surface area contributed by atoms with Crippen LogP contribution in [-0.2, 0) is 4.55 Å². The Morgan fingerprint density at radius 1 is 1.20 bits per heavy atom. The van der Waals surface area contributed by atoms with Gasteiger partial charge in [-0.1, -0.05) is 40.4 Å². The number of halogens is 1. The molecule has 0 bridgehead atoms. The van der Waals surface area contributed by atoms with Gasteiger partial charge in [0.05, 0.1) is 0 Å². The zero-order valence-corrected chi connectivity index (χ0v) is 7.35. The Balaban J connectivity index is 0.000000810. The first kappa shape index (κ1) is 10.9. The van der Waals surface area contributed by atoms with Gasteiger partial charge in [0, 0.05) is 0 Å². The second-order valence-corrected chi connectivity index (χ2v) is 3.94. The molecular weight excluding hydrogens is 151 g/mol. The Labute approximate surface area is 87.0 Å². The zero-order chi connectivity index (χ0) is 6.53. The second-order valence-electron chi connectivity index (χ2n) is 1.92. The van der Waals surface area contributed by atoms with Crippen LogP contribution in [0.4, 0.5) is 0 Å². The van der Waals surface area contributed by atoms with E-state index >= 15 is 0 Å². The van der Waals surface area contributed by atoms with Gasteiger partial charge in [-0.05, 0) is 0 Å². The van der Waals surface area contributed by atoms with Gasteiger partial charge in [0.15, 0.2) is 0 Å². The van der Waals surface area contributed by atoms with Crippen LogP contribution in [0.2, 0.25) is 0 Å². The molecule has 0 nitrogen and oxygen atoms in total. The van der Waals surface area contributed by atoms with Gasteiger partial charge in [0.25, 0.3) is 0 Å². The number of hydrogen-bond donors (Lipinski definition) is 0. The molecule has 0 N–H and O–H groups in total. The van der Waals surface area contributed by atoms with Crippen LogP contribution in [-0.4, -0.2) is 38.1 Å². The number of rotatable bonds is 2. The summed E-state index contributed by atoms with van der Waals surface area (Å²) < 4.78 is 1.11. The monoisotopic (exact) mass is 158 g/mol. The fraction of sp³-hybridized carbons (Fsp3) is 0.143. The molecule has 0 unspecified atom stereocenters. The summed E-state index contributed by atoms with van der Waals surface area (Å²) in [5.41, 5.74) is 1.37. The van der Waals surface area contributed by atoms with Crippen molar-refractivity contribution in [2.75, 3.05) is 0 Å². The second kappa shape index (κ2) is 6.58. The van der Waals surface area contributed by atoms with Crippen molar-refractivity contribution in [3.8, 4) is 0 Å². The van der Waals surface area contributed by atoms with E-state index in [2.05, 4.69) is 24.3 Å². The maximum absolute atomic E-state index is 5.67. The van der Waals surface area contributed by atoms with Gasteiger partial charge in [-0.3, -0.25) is 0 Å². The van der Waals surface area contributed by atoms with Crippen LogP contribution < -0.4 is 0 Å². The van der Waals surface area contributed by atoms with E-state index in [0.717, 1.165) is 4.55 Å². The fourth-order valence-corrected chi connectivity index (χ4v) is 1.96. The Kier molecular flexibility index (Phi) is 7.15. The van der Waals surface area contributed by atoms with Gasteiger partial charge >= 0.3 is 38.1 Å². The van der Waals surface area contributed by atoms with E-state index in [9.17, 15) is 0 Å². The Morgan fingerprint density at radius 2 is 1.80 bits per heavy atom. The van der Waals surface area contributed by atoms with Gasteiger partial charge in [-0.15, -0.1) is 0 Å². The maximum atomic E-state index is 5.67. The summed E-state index contributed by atoms with van der Waals surface area (Å²) in [5, 5.41) is 0. The van der Waals surface area contributed by atoms with Crippen molar-refractivity contribution in [3.05, 3.63) is 35.9 Å². The predicted molar refractivity (Wildman–Crippen MR) is 48.9 cm³/mol. The molecule has 10 heavy (non-hydrogen) atoms. The van der Waals surface area contributed by atoms with Crippen molar-refractivity contribution in [2.24, 2.45) is 0 Å². The van der Waals surface area contributed by atoms with Crippen molar-refractivity contribution in [2.45, 2.75) is 4.55 Å². The molecule has 0 aliphatic rings. The molecule has 1 aromatic carbocycles. The van der Waals surface area contributed by atoms with E-state index < -0.39 is 0 Å². The van der Waals surface area contributed by atoms with Crippen molar-refractivity contribution >= 4 is 47.2 Å². The molecule has 0 radical (unpaired) electrons. The third kappa shape index (κ3) is 3.90. The van der Waals surface area contributed by atoms with Gasteiger partial charge in [0.2, 0.25) is 0 Å². The van der Waals surface area contributed by atoms with Crippen LogP contribution >= 0.6 is 9.07 Å². The van der Waals surface area contributed by atoms with Crippen molar-refractivity contribution in [3.63, 3.8) is 0 Å². The standard InChI is InChI=1S/C7H7.ClH.Li.Mg.H/c1-7-5-3-2-4-6-7;;;;/h2-6H,1H2;1H;;;/q;;;+1;/p-1. The molecule has 0 atom stereocenters. The zero-order valence-electron chi connectivity index (χ0n) is 5.18. The molecular formula is C7H8ClLiMg. The van der Waals surface area contributed by atoms with Gasteiger partial charge in [0.1, 0.15) is 0 Å². The normalized spacial score (nSPS) is 7.70. The van der Waals surface area contributed by atoms with E-state index in [1.807, 2.05) is 6.07 Å². The van der Waals surface area contributed by atoms with Crippen LogP contribution in [0.5, 0.6) is 0 Å². The quantitative estimate of drug-likeness (QED) is 0.572. The SMILES string of the molecule is [Cl][Mg][CH2]c1ccccc1.[LiH]. The summed E-state index contributed by atoms with van der Waals surface area (Å²) in [6.07, 6.45) is 0. The Morgan fingerprint density at radius 3 is 2.30 bits per heavy atom. The molecule has 3 heteroatoms. The van der Waals surface area contributed by atoms with Crippen LogP contribution in [0, 0.1) is 0 Å². The molecule has 0 fully saturated rings. The van der Waals surface area contributed by atoms with E-state index in [4.69, 9.17) is 9.07 Å². The van der Waals surface area contributed by atoms with Crippen LogP contribution in [0.15, 0.2) is 30.3 Å². The molecule has 0 aromatic heterocycles. The third-order valence-corrected chi connectivity index (χ3v) is 2.56. The Bertz CT molecular complexity index is 167. The van der Waals surface area contributed by atoms with Crippen LogP contribution in [0.3, 0.4) is 0 Å². The van der Waals surface area contributed by atoms with Crippen molar-refractivity contribution in [1.29, 1.82) is 0 Å². The molecule has 0 amide bonds. The number of hydrogen-bond acceptors (Lipinski definition) is 0. The topological polar surface area (TPSA) is 0 Å². The summed E-state index contributed by atoms with van der Waals surface area (Å²) >= 11 is -0.312. The fourth-order valence-electron chi connectivity index (χ4n) is 0.754. The molecule has 46 valence electrons. The van der Waals surface area contributed by atoms with Gasteiger partial charge in [-0.25, -0.2) is 0 Å². The summed E-state index contributed by atoms with van der Waals surface area (Å²) in [4.78, 5) is 0. The Hall–Kier alpha value is 0.874. The first-order valence-corrected chi connectivity index (χ1v) is 6.17. The van der Waals surface area contributed by atoms with Crippen molar-refractivity contribution in [1.82, 2.24) is 0 Å². The first-order chi connectivity index (χ1) is 4.43. The molecule has 0 aliphatic heterocycles. The summed E-state index contributed by atoms with van der Waals surface area (Å²) in [6.45, 7) is 0. The predicted octanol–water partition coefficient (Wildman–Crippen LogP) is 1.40. The van der Waals surface area contributed by atoms with E-state index in [1.54, 1.807) is 0 Å². The minimum absolute atomic E-state index is 0. The van der Waals surface area contributed by atoms with Crippen LogP contribution in [0.25, 0.3) is 0 Å². The summed E-state index contributed by atoms with van der Waals surface area (Å²) in [5.74, 6) is 0. The van der Waals surface area contributed by atoms with Crippen LogP contribution in [0.1, 0.15) is 5.56 Å². The average Bonchev–Trinajstić information content (AvgIpc) is 1.91. The van der Waals surface area contributed by atoms with Gasteiger partial charge < -0.3 is 9.07 Å². The molecule has 1 rings (SSSR count). The number of benzene rings is 1. The molecule has 0 spiro atoms. The average molecular weight is 159 g/mol. The summed E-state index contributed by atoms with van der Waals surface area (Å²) in [6, 6.07) is 10.4. The first-order valence-electron chi connectivity index (χ1n) is 3.03. The van der Waals surface area contributed by atoms with E-state index in [0.29, 0.717) is 0 Å². The molecule has 1 aromatic rings. The van der Waals surface area contributed by atoms with E-state index in [-0.39, 0.29) is 38.1 Å². The molecule has 0 saturated heterocycles.